The molecule has 5 nitrogen and oxygen atoms in total. The molecule has 1 N–H and O–H groups in total. The Labute approximate surface area is 132 Å². The van der Waals surface area contributed by atoms with Gasteiger partial charge in [-0.3, -0.25) is 5.32 Å². The summed E-state index contributed by atoms with van der Waals surface area (Å²) in [6.45, 7) is 5.37. The van der Waals surface area contributed by atoms with Gasteiger partial charge in [-0.2, -0.15) is 0 Å². The lowest BCUT2D eigenvalue weighted by atomic mass is 9.98. The number of hydrogen-bond donors (Lipinski definition) is 1. The topological polar surface area (TPSA) is 59.9 Å². The Hall–Kier alpha value is -1.05. The van der Waals surface area contributed by atoms with Gasteiger partial charge in [-0.1, -0.05) is 24.2 Å². The predicted octanol–water partition coefficient (Wildman–Crippen LogP) is 3.26. The van der Waals surface area contributed by atoms with E-state index in [4.69, 9.17) is 9.72 Å². The summed E-state index contributed by atoms with van der Waals surface area (Å²) >= 11 is 3.28. The maximum absolute atomic E-state index is 5.38. The molecule has 1 aliphatic rings. The van der Waals surface area contributed by atoms with E-state index in [1.807, 2.05) is 6.92 Å². The SMILES string of the molecule is CCOc1nnc(CNC2(c3nc(C)cs3)CCCC2)s1. The standard InChI is InChI=1S/C14H20N4OS2/c1-3-19-13-18-17-11(21-13)8-15-14(6-4-5-7-14)12-16-10(2)9-20-12/h9,15H,3-8H2,1-2H3. The van der Waals surface area contributed by atoms with Gasteiger partial charge in [0.2, 0.25) is 0 Å². The maximum atomic E-state index is 5.38. The van der Waals surface area contributed by atoms with Crippen LogP contribution < -0.4 is 10.1 Å². The first-order valence-corrected chi connectivity index (χ1v) is 9.04. The molecule has 1 saturated carbocycles. The predicted molar refractivity (Wildman–Crippen MR) is 84.9 cm³/mol. The summed E-state index contributed by atoms with van der Waals surface area (Å²) in [7, 11) is 0. The first-order chi connectivity index (χ1) is 10.2. The molecule has 114 valence electrons. The van der Waals surface area contributed by atoms with Crippen LogP contribution in [-0.2, 0) is 12.1 Å². The number of aromatic nitrogens is 3. The molecule has 0 spiro atoms. The molecule has 0 aliphatic heterocycles. The molecule has 0 unspecified atom stereocenters. The summed E-state index contributed by atoms with van der Waals surface area (Å²) in [6, 6.07) is 0. The molecular formula is C14H20N4OS2. The fraction of sp³-hybridized carbons (Fsp3) is 0.643. The smallest absolute Gasteiger partial charge is 0.294 e. The molecular weight excluding hydrogens is 304 g/mol. The number of hydrogen-bond acceptors (Lipinski definition) is 7. The molecule has 7 heteroatoms. The van der Waals surface area contributed by atoms with E-state index in [1.54, 1.807) is 11.3 Å². The molecule has 21 heavy (non-hydrogen) atoms. The third-order valence-electron chi connectivity index (χ3n) is 3.78. The molecule has 0 atom stereocenters. The average Bonchev–Trinajstić information content (AvgIpc) is 3.18. The first-order valence-electron chi connectivity index (χ1n) is 7.35. The van der Waals surface area contributed by atoms with Gasteiger partial charge in [0.1, 0.15) is 10.0 Å². The zero-order chi connectivity index (χ0) is 14.7. The van der Waals surface area contributed by atoms with Crippen LogP contribution in [0.1, 0.15) is 48.3 Å². The molecule has 1 aliphatic carbocycles. The minimum absolute atomic E-state index is 0.0242. The molecule has 0 bridgehead atoms. The average molecular weight is 324 g/mol. The summed E-state index contributed by atoms with van der Waals surface area (Å²) in [5.74, 6) is 0. The van der Waals surface area contributed by atoms with E-state index < -0.39 is 0 Å². The number of thiazole rings is 1. The van der Waals surface area contributed by atoms with Crippen LogP contribution in [0.3, 0.4) is 0 Å². The monoisotopic (exact) mass is 324 g/mol. The van der Waals surface area contributed by atoms with Crippen molar-refractivity contribution in [1.82, 2.24) is 20.5 Å². The van der Waals surface area contributed by atoms with Gasteiger partial charge in [0.25, 0.3) is 5.19 Å². The molecule has 3 rings (SSSR count). The van der Waals surface area contributed by atoms with Gasteiger partial charge >= 0.3 is 0 Å². The van der Waals surface area contributed by atoms with Crippen molar-refractivity contribution < 1.29 is 4.74 Å². The lowest BCUT2D eigenvalue weighted by molar-refractivity contribution is 0.333. The zero-order valence-electron chi connectivity index (χ0n) is 12.4. The van der Waals surface area contributed by atoms with Crippen molar-refractivity contribution in [2.24, 2.45) is 0 Å². The van der Waals surface area contributed by atoms with E-state index in [0.29, 0.717) is 11.8 Å². The van der Waals surface area contributed by atoms with E-state index in [-0.39, 0.29) is 5.54 Å². The molecule has 0 radical (unpaired) electrons. The van der Waals surface area contributed by atoms with Crippen LogP contribution in [0, 0.1) is 6.92 Å². The fourth-order valence-electron chi connectivity index (χ4n) is 2.75. The van der Waals surface area contributed by atoms with Crippen LogP contribution in [0.2, 0.25) is 0 Å². The Morgan fingerprint density at radius 2 is 2.14 bits per heavy atom. The second-order valence-corrected chi connectivity index (χ2v) is 7.21. The first kappa shape index (κ1) is 14.9. The van der Waals surface area contributed by atoms with Crippen LogP contribution in [0.4, 0.5) is 0 Å². The minimum atomic E-state index is 0.0242. The molecule has 0 amide bonds. The fourth-order valence-corrected chi connectivity index (χ4v) is 4.47. The van der Waals surface area contributed by atoms with Gasteiger partial charge < -0.3 is 4.74 Å². The Bertz CT molecular complexity index is 589. The summed E-state index contributed by atoms with van der Waals surface area (Å²) in [5.41, 5.74) is 1.13. The van der Waals surface area contributed by atoms with Crippen molar-refractivity contribution in [1.29, 1.82) is 0 Å². The molecule has 2 aromatic rings. The van der Waals surface area contributed by atoms with Crippen molar-refractivity contribution in [3.8, 4) is 5.19 Å². The van der Waals surface area contributed by atoms with Crippen molar-refractivity contribution in [2.75, 3.05) is 6.61 Å². The van der Waals surface area contributed by atoms with Crippen LogP contribution in [0.15, 0.2) is 5.38 Å². The van der Waals surface area contributed by atoms with Gasteiger partial charge in [0.05, 0.1) is 18.7 Å². The molecule has 1 fully saturated rings. The van der Waals surface area contributed by atoms with E-state index >= 15 is 0 Å². The number of ether oxygens (including phenoxy) is 1. The van der Waals surface area contributed by atoms with Gasteiger partial charge in [-0.15, -0.1) is 21.5 Å². The van der Waals surface area contributed by atoms with Gasteiger partial charge in [-0.25, -0.2) is 4.98 Å². The molecule has 0 saturated heterocycles. The van der Waals surface area contributed by atoms with Crippen LogP contribution in [-0.4, -0.2) is 21.8 Å². The van der Waals surface area contributed by atoms with Crippen molar-refractivity contribution in [2.45, 2.75) is 51.6 Å². The van der Waals surface area contributed by atoms with E-state index in [1.165, 1.54) is 29.2 Å². The normalized spacial score (nSPS) is 17.2. The van der Waals surface area contributed by atoms with E-state index in [2.05, 4.69) is 27.8 Å². The van der Waals surface area contributed by atoms with E-state index in [9.17, 15) is 0 Å². The van der Waals surface area contributed by atoms with Crippen molar-refractivity contribution in [3.63, 3.8) is 0 Å². The number of nitrogens with one attached hydrogen (secondary N) is 1. The molecule has 2 heterocycles. The Kier molecular flexibility index (Phi) is 4.51. The number of nitrogens with zero attached hydrogens (tertiary/aromatic N) is 3. The summed E-state index contributed by atoms with van der Waals surface area (Å²) in [6.07, 6.45) is 4.81. The van der Waals surface area contributed by atoms with Gasteiger partial charge in [0.15, 0.2) is 0 Å². The summed E-state index contributed by atoms with van der Waals surface area (Å²) < 4.78 is 5.38. The van der Waals surface area contributed by atoms with Crippen LogP contribution in [0.5, 0.6) is 5.19 Å². The summed E-state index contributed by atoms with van der Waals surface area (Å²) in [5, 5.41) is 16.9. The second-order valence-electron chi connectivity index (χ2n) is 5.33. The van der Waals surface area contributed by atoms with Gasteiger partial charge in [-0.05, 0) is 26.7 Å². The largest absolute Gasteiger partial charge is 0.469 e. The highest BCUT2D eigenvalue weighted by atomic mass is 32.1. The van der Waals surface area contributed by atoms with Gasteiger partial charge in [0, 0.05) is 11.1 Å². The lowest BCUT2D eigenvalue weighted by Crippen LogP contribution is -2.39. The quantitative estimate of drug-likeness (QED) is 0.884. The highest BCUT2D eigenvalue weighted by Gasteiger charge is 2.37. The Morgan fingerprint density at radius 1 is 1.33 bits per heavy atom. The Balaban J connectivity index is 1.70. The number of aryl methyl sites for hydroxylation is 1. The minimum Gasteiger partial charge on any atom is -0.469 e. The maximum Gasteiger partial charge on any atom is 0.294 e. The highest BCUT2D eigenvalue weighted by Crippen LogP contribution is 2.40. The molecule has 0 aromatic carbocycles. The van der Waals surface area contributed by atoms with Crippen LogP contribution in [0.25, 0.3) is 0 Å². The van der Waals surface area contributed by atoms with Crippen LogP contribution >= 0.6 is 22.7 Å². The third kappa shape index (κ3) is 3.25. The zero-order valence-corrected chi connectivity index (χ0v) is 14.0. The Morgan fingerprint density at radius 3 is 2.81 bits per heavy atom. The van der Waals surface area contributed by atoms with Crippen molar-refractivity contribution in [3.05, 3.63) is 21.1 Å². The second kappa shape index (κ2) is 6.37. The summed E-state index contributed by atoms with van der Waals surface area (Å²) in [4.78, 5) is 4.71. The number of rotatable bonds is 6. The highest BCUT2D eigenvalue weighted by molar-refractivity contribution is 7.13. The third-order valence-corrected chi connectivity index (χ3v) is 5.78. The van der Waals surface area contributed by atoms with Crippen molar-refractivity contribution >= 4 is 22.7 Å². The van der Waals surface area contributed by atoms with E-state index in [0.717, 1.165) is 30.1 Å². The lowest BCUT2D eigenvalue weighted by Gasteiger charge is -2.27. The molecule has 2 aromatic heterocycles.